The number of hydrogen-bond donors (Lipinski definition) is 0. The second-order valence-corrected chi connectivity index (χ2v) is 3.56. The van der Waals surface area contributed by atoms with Gasteiger partial charge in [0, 0.05) is 25.0 Å². The van der Waals surface area contributed by atoms with Gasteiger partial charge in [-0.2, -0.15) is 0 Å². The van der Waals surface area contributed by atoms with Crippen LogP contribution in [-0.4, -0.2) is 16.3 Å². The highest BCUT2D eigenvalue weighted by molar-refractivity contribution is 5.78. The molecule has 0 bridgehead atoms. The van der Waals surface area contributed by atoms with E-state index in [0.717, 1.165) is 12.2 Å². The van der Waals surface area contributed by atoms with Crippen LogP contribution >= 0.6 is 0 Å². The summed E-state index contributed by atoms with van der Waals surface area (Å²) < 4.78 is 2.17. The van der Waals surface area contributed by atoms with Crippen LogP contribution in [0.3, 0.4) is 0 Å². The van der Waals surface area contributed by atoms with Gasteiger partial charge in [0.25, 0.3) is 0 Å². The summed E-state index contributed by atoms with van der Waals surface area (Å²) in [5.41, 5.74) is 1.21. The van der Waals surface area contributed by atoms with Gasteiger partial charge in [0.15, 0.2) is 0 Å². The Labute approximate surface area is 66.6 Å². The van der Waals surface area contributed by atoms with Gasteiger partial charge in [-0.05, 0) is 19.9 Å². The SMILES string of the molecule is CC1(C)Cn2c[c]cc2C=N1. The molecule has 1 aromatic heterocycles. The van der Waals surface area contributed by atoms with Crippen LogP contribution in [0.4, 0.5) is 0 Å². The van der Waals surface area contributed by atoms with Crippen molar-refractivity contribution in [2.24, 2.45) is 4.99 Å². The van der Waals surface area contributed by atoms with Crippen LogP contribution in [-0.2, 0) is 6.54 Å². The van der Waals surface area contributed by atoms with Crippen molar-refractivity contribution in [1.82, 2.24) is 4.57 Å². The molecule has 0 unspecified atom stereocenters. The third-order valence-electron chi connectivity index (χ3n) is 1.90. The molecule has 0 saturated heterocycles. The lowest BCUT2D eigenvalue weighted by Crippen LogP contribution is -2.28. The summed E-state index contributed by atoms with van der Waals surface area (Å²) in [4.78, 5) is 4.41. The number of aliphatic imine (C=N–C) groups is 1. The van der Waals surface area contributed by atoms with Gasteiger partial charge in [0.2, 0.25) is 0 Å². The number of hydrogen-bond acceptors (Lipinski definition) is 1. The van der Waals surface area contributed by atoms with E-state index in [1.165, 1.54) is 0 Å². The molecule has 0 aliphatic carbocycles. The van der Waals surface area contributed by atoms with Crippen LogP contribution in [0.25, 0.3) is 0 Å². The lowest BCUT2D eigenvalue weighted by molar-refractivity contribution is 0.428. The summed E-state index contributed by atoms with van der Waals surface area (Å²) in [6, 6.07) is 5.01. The van der Waals surface area contributed by atoms with Crippen molar-refractivity contribution in [2.45, 2.75) is 25.9 Å². The molecule has 0 atom stereocenters. The summed E-state index contributed by atoms with van der Waals surface area (Å²) >= 11 is 0. The fraction of sp³-hybridized carbons (Fsp3) is 0.444. The summed E-state index contributed by atoms with van der Waals surface area (Å²) in [6.45, 7) is 5.22. The molecular formula is C9H11N2. The molecular weight excluding hydrogens is 136 g/mol. The standard InChI is InChI=1S/C9H11N2/c1-9(2)7-11-5-3-4-8(11)6-10-9/h4-6H,7H2,1-2H3. The highest BCUT2D eigenvalue weighted by atomic mass is 15.1. The number of fused-ring (bicyclic) bond motifs is 1. The second-order valence-electron chi connectivity index (χ2n) is 3.56. The Kier molecular flexibility index (Phi) is 1.19. The van der Waals surface area contributed by atoms with Crippen molar-refractivity contribution >= 4 is 6.21 Å². The van der Waals surface area contributed by atoms with Gasteiger partial charge < -0.3 is 4.57 Å². The maximum Gasteiger partial charge on any atom is 0.0731 e. The zero-order valence-corrected chi connectivity index (χ0v) is 6.83. The third kappa shape index (κ3) is 1.09. The van der Waals surface area contributed by atoms with Crippen LogP contribution in [0.5, 0.6) is 0 Å². The Morgan fingerprint density at radius 3 is 3.27 bits per heavy atom. The van der Waals surface area contributed by atoms with Gasteiger partial charge in [-0.15, -0.1) is 0 Å². The fourth-order valence-corrected chi connectivity index (χ4v) is 1.32. The number of rotatable bonds is 0. The van der Waals surface area contributed by atoms with E-state index in [1.54, 1.807) is 0 Å². The van der Waals surface area contributed by atoms with Crippen molar-refractivity contribution in [3.63, 3.8) is 0 Å². The molecule has 0 fully saturated rings. The Morgan fingerprint density at radius 2 is 2.45 bits per heavy atom. The van der Waals surface area contributed by atoms with Gasteiger partial charge >= 0.3 is 0 Å². The van der Waals surface area contributed by atoms with Crippen LogP contribution < -0.4 is 0 Å². The summed E-state index contributed by atoms with van der Waals surface area (Å²) in [7, 11) is 0. The van der Waals surface area contributed by atoms with E-state index in [2.05, 4.69) is 29.5 Å². The van der Waals surface area contributed by atoms with Crippen molar-refractivity contribution in [1.29, 1.82) is 0 Å². The predicted octanol–water partition coefficient (Wildman–Crippen LogP) is 1.50. The maximum absolute atomic E-state index is 4.41. The molecule has 0 N–H and O–H groups in total. The van der Waals surface area contributed by atoms with Crippen LogP contribution in [0.1, 0.15) is 19.5 Å². The van der Waals surface area contributed by atoms with E-state index in [4.69, 9.17) is 0 Å². The van der Waals surface area contributed by atoms with Crippen molar-refractivity contribution in [3.05, 3.63) is 24.0 Å². The van der Waals surface area contributed by atoms with E-state index in [1.807, 2.05) is 18.5 Å². The van der Waals surface area contributed by atoms with E-state index < -0.39 is 0 Å². The Morgan fingerprint density at radius 1 is 1.64 bits per heavy atom. The summed E-state index contributed by atoms with van der Waals surface area (Å²) in [6.07, 6.45) is 3.89. The van der Waals surface area contributed by atoms with Crippen LogP contribution in [0, 0.1) is 6.07 Å². The Bertz CT molecular complexity index is 294. The topological polar surface area (TPSA) is 17.3 Å². The van der Waals surface area contributed by atoms with E-state index >= 15 is 0 Å². The first kappa shape index (κ1) is 6.65. The quantitative estimate of drug-likeness (QED) is 0.529. The molecule has 2 rings (SSSR count). The highest BCUT2D eigenvalue weighted by Crippen LogP contribution is 2.17. The largest absolute Gasteiger partial charge is 0.344 e. The second kappa shape index (κ2) is 1.97. The minimum atomic E-state index is 0.0554. The summed E-state index contributed by atoms with van der Waals surface area (Å²) in [5.74, 6) is 0. The molecule has 0 spiro atoms. The predicted molar refractivity (Wildman–Crippen MR) is 44.9 cm³/mol. The van der Waals surface area contributed by atoms with Crippen molar-refractivity contribution < 1.29 is 0 Å². The maximum atomic E-state index is 4.41. The zero-order valence-electron chi connectivity index (χ0n) is 6.83. The minimum Gasteiger partial charge on any atom is -0.344 e. The van der Waals surface area contributed by atoms with Crippen LogP contribution in [0.15, 0.2) is 17.3 Å². The molecule has 1 radical (unpaired) electrons. The molecule has 0 aromatic carbocycles. The molecule has 11 heavy (non-hydrogen) atoms. The Hall–Kier alpha value is -1.05. The van der Waals surface area contributed by atoms with Gasteiger partial charge in [-0.3, -0.25) is 4.99 Å². The molecule has 0 amide bonds. The first-order valence-electron chi connectivity index (χ1n) is 3.79. The van der Waals surface area contributed by atoms with Gasteiger partial charge in [-0.1, -0.05) is 0 Å². The molecule has 1 aliphatic heterocycles. The van der Waals surface area contributed by atoms with E-state index in [9.17, 15) is 0 Å². The minimum absolute atomic E-state index is 0.0554. The normalized spacial score (nSPS) is 19.8. The molecule has 2 nitrogen and oxygen atoms in total. The average Bonchev–Trinajstić information content (AvgIpc) is 2.31. The van der Waals surface area contributed by atoms with E-state index in [0.29, 0.717) is 0 Å². The first-order valence-corrected chi connectivity index (χ1v) is 3.79. The number of nitrogens with zero attached hydrogens (tertiary/aromatic N) is 2. The van der Waals surface area contributed by atoms with Crippen molar-refractivity contribution in [3.8, 4) is 0 Å². The smallest absolute Gasteiger partial charge is 0.0731 e. The number of aromatic nitrogens is 1. The van der Waals surface area contributed by atoms with Gasteiger partial charge in [0.05, 0.1) is 11.2 Å². The molecule has 2 heterocycles. The van der Waals surface area contributed by atoms with Gasteiger partial charge in [0.1, 0.15) is 0 Å². The Balaban J connectivity index is 2.44. The van der Waals surface area contributed by atoms with Crippen LogP contribution in [0.2, 0.25) is 0 Å². The molecule has 57 valence electrons. The molecule has 2 heteroatoms. The average molecular weight is 147 g/mol. The highest BCUT2D eigenvalue weighted by Gasteiger charge is 2.20. The monoisotopic (exact) mass is 147 g/mol. The third-order valence-corrected chi connectivity index (χ3v) is 1.90. The fourth-order valence-electron chi connectivity index (χ4n) is 1.32. The van der Waals surface area contributed by atoms with Gasteiger partial charge in [-0.25, -0.2) is 0 Å². The first-order chi connectivity index (χ1) is 5.17. The zero-order chi connectivity index (χ0) is 7.90. The molecule has 1 aromatic rings. The lowest BCUT2D eigenvalue weighted by atomic mass is 10.1. The van der Waals surface area contributed by atoms with E-state index in [-0.39, 0.29) is 5.54 Å². The van der Waals surface area contributed by atoms with Crippen molar-refractivity contribution in [2.75, 3.05) is 0 Å². The summed E-state index contributed by atoms with van der Waals surface area (Å²) in [5, 5.41) is 0. The lowest BCUT2D eigenvalue weighted by Gasteiger charge is -2.25. The molecule has 0 saturated carbocycles. The molecule has 1 aliphatic rings.